The van der Waals surface area contributed by atoms with Crippen LogP contribution >= 0.6 is 0 Å². The topological polar surface area (TPSA) is 64.6 Å². The standard InChI is InChI=1S/C35H48N2O4/c1-7-10-14-22-40-31-24-29(23-28(6)34(31)41-32(38)16-9-3)25-37(20-11-8-2)21-13-12-19-30(37)35(39)36-33-26(4)17-15-18-27(33)5/h1,15,17-18,23-24,30H,8-14,16,19-22,25H2,2-6H3/p+1. The summed E-state index contributed by atoms with van der Waals surface area (Å²) in [7, 11) is 0. The van der Waals surface area contributed by atoms with E-state index in [0.717, 1.165) is 97.0 Å². The van der Waals surface area contributed by atoms with Crippen LogP contribution in [0.2, 0.25) is 0 Å². The van der Waals surface area contributed by atoms with Gasteiger partial charge in [0.2, 0.25) is 0 Å². The minimum absolute atomic E-state index is 0.103. The van der Waals surface area contributed by atoms with Crippen molar-refractivity contribution in [1.29, 1.82) is 0 Å². The SMILES string of the molecule is C#CCCCOc1cc(C[N+]2(CCCC)CCCCC2C(=O)Nc2c(C)cccc2C)cc(C)c1OC(=O)CCC. The predicted molar refractivity (Wildman–Crippen MR) is 166 cm³/mol. The van der Waals surface area contributed by atoms with E-state index in [9.17, 15) is 9.59 Å². The lowest BCUT2D eigenvalue weighted by molar-refractivity contribution is -0.959. The number of terminal acetylenes is 1. The fourth-order valence-electron chi connectivity index (χ4n) is 6.03. The van der Waals surface area contributed by atoms with Crippen LogP contribution < -0.4 is 14.8 Å². The molecule has 6 heteroatoms. The molecule has 0 radical (unpaired) electrons. The van der Waals surface area contributed by atoms with E-state index in [1.807, 2.05) is 52.0 Å². The number of rotatable bonds is 14. The van der Waals surface area contributed by atoms with Gasteiger partial charge in [0.25, 0.3) is 5.91 Å². The van der Waals surface area contributed by atoms with E-state index >= 15 is 0 Å². The van der Waals surface area contributed by atoms with Crippen molar-refractivity contribution in [2.75, 3.05) is 25.0 Å². The molecule has 1 aliphatic rings. The highest BCUT2D eigenvalue weighted by Gasteiger charge is 2.44. The Bertz CT molecular complexity index is 1210. The largest absolute Gasteiger partial charge is 0.490 e. The minimum atomic E-state index is -0.262. The number of carbonyl (C=O) groups excluding carboxylic acids is 2. The number of likely N-dealkylation sites (tertiary alicyclic amines) is 1. The van der Waals surface area contributed by atoms with E-state index < -0.39 is 0 Å². The lowest BCUT2D eigenvalue weighted by Gasteiger charge is -2.47. The Labute approximate surface area is 247 Å². The quantitative estimate of drug-likeness (QED) is 0.0857. The molecule has 2 atom stereocenters. The third-order valence-corrected chi connectivity index (χ3v) is 8.17. The first kappa shape index (κ1) is 32.2. The number of nitrogens with one attached hydrogen (secondary N) is 1. The van der Waals surface area contributed by atoms with E-state index in [4.69, 9.17) is 15.9 Å². The Hall–Kier alpha value is -3.30. The molecule has 1 fully saturated rings. The number of anilines is 1. The van der Waals surface area contributed by atoms with Gasteiger partial charge in [-0.3, -0.25) is 9.59 Å². The van der Waals surface area contributed by atoms with Gasteiger partial charge < -0.3 is 19.3 Å². The second-order valence-electron chi connectivity index (χ2n) is 11.6. The van der Waals surface area contributed by atoms with Crippen LogP contribution in [0.4, 0.5) is 5.69 Å². The number of ether oxygens (including phenoxy) is 2. The fraction of sp³-hybridized carbons (Fsp3) is 0.543. The number of quaternary nitrogens is 1. The van der Waals surface area contributed by atoms with Gasteiger partial charge in [-0.2, -0.15) is 0 Å². The average molecular weight is 562 g/mol. The highest BCUT2D eigenvalue weighted by molar-refractivity contribution is 5.95. The second-order valence-corrected chi connectivity index (χ2v) is 11.6. The van der Waals surface area contributed by atoms with Gasteiger partial charge in [-0.15, -0.1) is 12.3 Å². The molecule has 0 aliphatic carbocycles. The maximum atomic E-state index is 14.0. The summed E-state index contributed by atoms with van der Waals surface area (Å²) in [5, 5.41) is 3.32. The molecule has 3 rings (SSSR count). The Kier molecular flexibility index (Phi) is 12.3. The number of carbonyl (C=O) groups is 2. The van der Waals surface area contributed by atoms with Gasteiger partial charge in [0.1, 0.15) is 6.54 Å². The van der Waals surface area contributed by atoms with Crippen molar-refractivity contribution >= 4 is 17.6 Å². The lowest BCUT2D eigenvalue weighted by atomic mass is 9.94. The number of benzene rings is 2. The Morgan fingerprint density at radius 2 is 1.80 bits per heavy atom. The minimum Gasteiger partial charge on any atom is -0.490 e. The van der Waals surface area contributed by atoms with Gasteiger partial charge >= 0.3 is 5.97 Å². The van der Waals surface area contributed by atoms with Crippen molar-refractivity contribution in [2.24, 2.45) is 0 Å². The smallest absolute Gasteiger partial charge is 0.311 e. The molecule has 1 saturated heterocycles. The summed E-state index contributed by atoms with van der Waals surface area (Å²) in [4.78, 5) is 26.4. The number of hydrogen-bond acceptors (Lipinski definition) is 4. The lowest BCUT2D eigenvalue weighted by Crippen LogP contribution is -2.62. The number of hydrogen-bond donors (Lipinski definition) is 1. The number of para-hydroxylation sites is 1. The molecule has 0 bridgehead atoms. The van der Waals surface area contributed by atoms with Gasteiger partial charge in [-0.1, -0.05) is 38.5 Å². The van der Waals surface area contributed by atoms with Crippen LogP contribution in [0.5, 0.6) is 11.5 Å². The van der Waals surface area contributed by atoms with Gasteiger partial charge in [0.05, 0.1) is 19.7 Å². The van der Waals surface area contributed by atoms with Crippen LogP contribution in [-0.2, 0) is 16.1 Å². The molecule has 6 nitrogen and oxygen atoms in total. The molecule has 0 saturated carbocycles. The summed E-state index contributed by atoms with van der Waals surface area (Å²) < 4.78 is 12.7. The monoisotopic (exact) mass is 561 g/mol. The van der Waals surface area contributed by atoms with Crippen LogP contribution in [0.25, 0.3) is 0 Å². The molecule has 41 heavy (non-hydrogen) atoms. The summed E-state index contributed by atoms with van der Waals surface area (Å²) in [6.45, 7) is 13.3. The van der Waals surface area contributed by atoms with E-state index in [-0.39, 0.29) is 17.9 Å². The Morgan fingerprint density at radius 3 is 2.49 bits per heavy atom. The first-order valence-electron chi connectivity index (χ1n) is 15.4. The molecule has 1 heterocycles. The Balaban J connectivity index is 1.97. The van der Waals surface area contributed by atoms with E-state index in [1.54, 1.807) is 0 Å². The average Bonchev–Trinajstić information content (AvgIpc) is 2.94. The molecule has 2 aromatic rings. The van der Waals surface area contributed by atoms with Gasteiger partial charge in [0.15, 0.2) is 17.5 Å². The number of amides is 1. The summed E-state index contributed by atoms with van der Waals surface area (Å²) in [6, 6.07) is 10.1. The number of nitrogens with zero attached hydrogens (tertiary/aromatic N) is 1. The van der Waals surface area contributed by atoms with E-state index in [1.165, 1.54) is 0 Å². The van der Waals surface area contributed by atoms with Gasteiger partial charge in [-0.25, -0.2) is 0 Å². The van der Waals surface area contributed by atoms with Crippen molar-refractivity contribution in [3.05, 3.63) is 52.6 Å². The third-order valence-electron chi connectivity index (χ3n) is 8.17. The van der Waals surface area contributed by atoms with Crippen molar-refractivity contribution < 1.29 is 23.5 Å². The summed E-state index contributed by atoms with van der Waals surface area (Å²) in [5.41, 5.74) is 5.04. The number of piperidine rings is 1. The molecular formula is C35H49N2O4+. The van der Waals surface area contributed by atoms with Crippen LogP contribution in [0, 0.1) is 33.1 Å². The fourth-order valence-corrected chi connectivity index (χ4v) is 6.03. The van der Waals surface area contributed by atoms with Crippen LogP contribution in [0.15, 0.2) is 30.3 Å². The van der Waals surface area contributed by atoms with Crippen molar-refractivity contribution in [1.82, 2.24) is 0 Å². The van der Waals surface area contributed by atoms with Gasteiger partial charge in [0, 0.05) is 30.5 Å². The van der Waals surface area contributed by atoms with Crippen LogP contribution in [0.1, 0.15) is 93.9 Å². The number of unbranched alkanes of at least 4 members (excludes halogenated alkanes) is 2. The van der Waals surface area contributed by atoms with Gasteiger partial charge in [-0.05, 0) is 81.7 Å². The summed E-state index contributed by atoms with van der Waals surface area (Å²) in [5.74, 6) is 3.55. The third kappa shape index (κ3) is 8.60. The molecule has 0 spiro atoms. The molecule has 2 unspecified atom stereocenters. The first-order valence-corrected chi connectivity index (χ1v) is 15.4. The molecule has 1 aliphatic heterocycles. The maximum Gasteiger partial charge on any atom is 0.311 e. The van der Waals surface area contributed by atoms with Crippen LogP contribution in [-0.4, -0.2) is 42.1 Å². The summed E-state index contributed by atoms with van der Waals surface area (Å²) >= 11 is 0. The molecule has 0 aromatic heterocycles. The second kappa shape index (κ2) is 15.6. The first-order chi connectivity index (χ1) is 19.7. The van der Waals surface area contributed by atoms with Crippen LogP contribution in [0.3, 0.4) is 0 Å². The van der Waals surface area contributed by atoms with Crippen molar-refractivity contribution in [3.8, 4) is 23.8 Å². The number of aryl methyl sites for hydroxylation is 3. The van der Waals surface area contributed by atoms with Crippen molar-refractivity contribution in [3.63, 3.8) is 0 Å². The van der Waals surface area contributed by atoms with E-state index in [0.29, 0.717) is 30.9 Å². The van der Waals surface area contributed by atoms with Crippen molar-refractivity contribution in [2.45, 2.75) is 105 Å². The molecule has 2 aromatic carbocycles. The zero-order chi connectivity index (χ0) is 29.8. The zero-order valence-corrected chi connectivity index (χ0v) is 25.8. The summed E-state index contributed by atoms with van der Waals surface area (Å²) in [6.07, 6.45) is 13.0. The zero-order valence-electron chi connectivity index (χ0n) is 25.8. The highest BCUT2D eigenvalue weighted by Crippen LogP contribution is 2.37. The predicted octanol–water partition coefficient (Wildman–Crippen LogP) is 7.42. The number of esters is 1. The molecule has 1 N–H and O–H groups in total. The highest BCUT2D eigenvalue weighted by atomic mass is 16.6. The maximum absolute atomic E-state index is 14.0. The molecular weight excluding hydrogens is 512 g/mol. The molecule has 1 amide bonds. The normalized spacial score (nSPS) is 18.4. The molecule has 222 valence electrons. The Morgan fingerprint density at radius 1 is 1.05 bits per heavy atom. The van der Waals surface area contributed by atoms with E-state index in [2.05, 4.69) is 24.2 Å².